The molecule has 3 aromatic rings. The van der Waals surface area contributed by atoms with Crippen LogP contribution in [0.25, 0.3) is 22.1 Å². The number of hydrogen-bond acceptors (Lipinski definition) is 8. The van der Waals surface area contributed by atoms with E-state index >= 15 is 0 Å². The molecule has 2 aromatic carbocycles. The van der Waals surface area contributed by atoms with Crippen LogP contribution in [0.2, 0.25) is 0 Å². The second kappa shape index (κ2) is 8.14. The minimum absolute atomic E-state index is 0.0350. The highest BCUT2D eigenvalue weighted by molar-refractivity contribution is 5.97. The van der Waals surface area contributed by atoms with Crippen molar-refractivity contribution in [1.29, 1.82) is 0 Å². The van der Waals surface area contributed by atoms with Crippen molar-refractivity contribution in [1.82, 2.24) is 0 Å². The Balaban J connectivity index is 2.38. The van der Waals surface area contributed by atoms with E-state index in [0.717, 1.165) is 0 Å². The Morgan fingerprint density at radius 2 is 1.45 bits per heavy atom. The molecular formula is C21H20O8. The monoisotopic (exact) mass is 400 g/mol. The van der Waals surface area contributed by atoms with Crippen molar-refractivity contribution >= 4 is 16.9 Å². The number of fused-ring (bicyclic) bond motifs is 1. The number of ether oxygens (including phenoxy) is 5. The van der Waals surface area contributed by atoms with Crippen molar-refractivity contribution in [3.05, 3.63) is 40.8 Å². The van der Waals surface area contributed by atoms with E-state index in [1.54, 1.807) is 31.4 Å². The topological polar surface area (TPSA) is 93.4 Å². The summed E-state index contributed by atoms with van der Waals surface area (Å²) < 4.78 is 32.3. The van der Waals surface area contributed by atoms with E-state index in [0.29, 0.717) is 16.9 Å². The predicted octanol–water partition coefficient (Wildman–Crippen LogP) is 3.42. The molecule has 0 fully saturated rings. The molecule has 29 heavy (non-hydrogen) atoms. The van der Waals surface area contributed by atoms with Crippen LogP contribution in [0.5, 0.6) is 28.7 Å². The van der Waals surface area contributed by atoms with E-state index < -0.39 is 5.97 Å². The quantitative estimate of drug-likeness (QED) is 0.459. The summed E-state index contributed by atoms with van der Waals surface area (Å²) in [5.41, 5.74) is 0.649. The van der Waals surface area contributed by atoms with Gasteiger partial charge in [-0.3, -0.25) is 9.59 Å². The normalized spacial score (nSPS) is 10.5. The van der Waals surface area contributed by atoms with Gasteiger partial charge < -0.3 is 28.1 Å². The molecule has 0 unspecified atom stereocenters. The maximum atomic E-state index is 13.3. The first-order chi connectivity index (χ1) is 14.0. The summed E-state index contributed by atoms with van der Waals surface area (Å²) in [7, 11) is 5.67. The van der Waals surface area contributed by atoms with Crippen LogP contribution in [-0.2, 0) is 4.79 Å². The Morgan fingerprint density at radius 1 is 0.828 bits per heavy atom. The fourth-order valence-corrected chi connectivity index (χ4v) is 3.04. The van der Waals surface area contributed by atoms with Gasteiger partial charge in [0.1, 0.15) is 17.4 Å². The lowest BCUT2D eigenvalue weighted by Gasteiger charge is -2.18. The van der Waals surface area contributed by atoms with Crippen LogP contribution in [0, 0.1) is 0 Å². The van der Waals surface area contributed by atoms with Crippen LogP contribution < -0.4 is 29.1 Å². The zero-order chi connectivity index (χ0) is 21.1. The highest BCUT2D eigenvalue weighted by Crippen LogP contribution is 2.50. The highest BCUT2D eigenvalue weighted by atomic mass is 16.6. The standard InChI is InChI=1S/C21H20O8/c1-11(22)29-21-19(26-4)17(25-3)15-16(23)14(10-28-18(15)20(21)27-5)12-6-8-13(24-2)9-7-12/h6-10H,1-5H3. The first kappa shape index (κ1) is 20.1. The van der Waals surface area contributed by atoms with E-state index in [9.17, 15) is 9.59 Å². The lowest BCUT2D eigenvalue weighted by Crippen LogP contribution is -2.11. The zero-order valence-corrected chi connectivity index (χ0v) is 16.7. The van der Waals surface area contributed by atoms with Crippen LogP contribution in [0.4, 0.5) is 0 Å². The lowest BCUT2D eigenvalue weighted by atomic mass is 10.0. The third-order valence-corrected chi connectivity index (χ3v) is 4.30. The smallest absolute Gasteiger partial charge is 0.308 e. The predicted molar refractivity (Wildman–Crippen MR) is 105 cm³/mol. The molecule has 1 heterocycles. The number of hydrogen-bond donors (Lipinski definition) is 0. The van der Waals surface area contributed by atoms with Gasteiger partial charge in [0.2, 0.25) is 22.7 Å². The Labute approximate surface area is 166 Å². The molecule has 0 aliphatic heterocycles. The van der Waals surface area contributed by atoms with Crippen molar-refractivity contribution in [3.8, 4) is 39.9 Å². The van der Waals surface area contributed by atoms with Crippen LogP contribution in [-0.4, -0.2) is 34.4 Å². The maximum Gasteiger partial charge on any atom is 0.308 e. The summed E-state index contributed by atoms with van der Waals surface area (Å²) in [6, 6.07) is 6.96. The minimum Gasteiger partial charge on any atom is -0.497 e. The van der Waals surface area contributed by atoms with Crippen molar-refractivity contribution in [2.24, 2.45) is 0 Å². The summed E-state index contributed by atoms with van der Waals surface area (Å²) in [5, 5.41) is 0.102. The van der Waals surface area contributed by atoms with E-state index in [4.69, 9.17) is 28.1 Å². The molecule has 0 amide bonds. The van der Waals surface area contributed by atoms with Gasteiger partial charge >= 0.3 is 5.97 Å². The average molecular weight is 400 g/mol. The summed E-state index contributed by atoms with van der Waals surface area (Å²) in [5.74, 6) is 0.194. The molecule has 3 rings (SSSR count). The third-order valence-electron chi connectivity index (χ3n) is 4.30. The van der Waals surface area contributed by atoms with Gasteiger partial charge in [0.25, 0.3) is 0 Å². The maximum absolute atomic E-state index is 13.3. The molecule has 152 valence electrons. The SMILES string of the molecule is COc1ccc(-c2coc3c(OC)c(OC(C)=O)c(OC)c(OC)c3c2=O)cc1. The Bertz CT molecular complexity index is 1110. The minimum atomic E-state index is -0.597. The average Bonchev–Trinajstić information content (AvgIpc) is 2.72. The molecule has 8 heteroatoms. The fraction of sp³-hybridized carbons (Fsp3) is 0.238. The molecule has 0 aliphatic rings. The Morgan fingerprint density at radius 3 is 1.97 bits per heavy atom. The first-order valence-electron chi connectivity index (χ1n) is 8.57. The van der Waals surface area contributed by atoms with E-state index in [1.165, 1.54) is 34.5 Å². The van der Waals surface area contributed by atoms with Crippen LogP contribution in [0.15, 0.2) is 39.7 Å². The molecule has 0 saturated heterocycles. The van der Waals surface area contributed by atoms with Gasteiger partial charge in [0, 0.05) is 6.92 Å². The van der Waals surface area contributed by atoms with Crippen LogP contribution in [0.1, 0.15) is 6.92 Å². The fourth-order valence-electron chi connectivity index (χ4n) is 3.04. The molecule has 0 bridgehead atoms. The molecule has 0 N–H and O–H groups in total. The summed E-state index contributed by atoms with van der Waals surface area (Å²) in [6.45, 7) is 1.23. The van der Waals surface area contributed by atoms with Gasteiger partial charge in [-0.05, 0) is 17.7 Å². The number of carbonyl (C=O) groups is 1. The van der Waals surface area contributed by atoms with Gasteiger partial charge in [-0.1, -0.05) is 12.1 Å². The molecule has 0 spiro atoms. The van der Waals surface area contributed by atoms with E-state index in [-0.39, 0.29) is 39.4 Å². The van der Waals surface area contributed by atoms with Crippen molar-refractivity contribution < 1.29 is 32.9 Å². The molecule has 0 aliphatic carbocycles. The van der Waals surface area contributed by atoms with E-state index in [1.807, 2.05) is 0 Å². The van der Waals surface area contributed by atoms with Crippen molar-refractivity contribution in [2.75, 3.05) is 28.4 Å². The number of rotatable bonds is 6. The van der Waals surface area contributed by atoms with Crippen LogP contribution in [0.3, 0.4) is 0 Å². The molecule has 1 aromatic heterocycles. The molecular weight excluding hydrogens is 380 g/mol. The number of carbonyl (C=O) groups excluding carboxylic acids is 1. The van der Waals surface area contributed by atoms with Gasteiger partial charge in [-0.15, -0.1) is 0 Å². The second-order valence-corrected chi connectivity index (χ2v) is 5.93. The highest BCUT2D eigenvalue weighted by Gasteiger charge is 2.29. The number of esters is 1. The number of benzene rings is 2. The van der Waals surface area contributed by atoms with Gasteiger partial charge in [-0.25, -0.2) is 0 Å². The largest absolute Gasteiger partial charge is 0.497 e. The zero-order valence-electron chi connectivity index (χ0n) is 16.7. The summed E-state index contributed by atoms with van der Waals surface area (Å²) in [4.78, 5) is 24.9. The second-order valence-electron chi connectivity index (χ2n) is 5.93. The Kier molecular flexibility index (Phi) is 5.63. The van der Waals surface area contributed by atoms with E-state index in [2.05, 4.69) is 0 Å². The molecule has 0 radical (unpaired) electrons. The Hall–Kier alpha value is -3.68. The molecule has 8 nitrogen and oxygen atoms in total. The van der Waals surface area contributed by atoms with Gasteiger partial charge in [-0.2, -0.15) is 0 Å². The van der Waals surface area contributed by atoms with Gasteiger partial charge in [0.05, 0.1) is 34.0 Å². The number of methoxy groups -OCH3 is 4. The first-order valence-corrected chi connectivity index (χ1v) is 8.57. The summed E-state index contributed by atoms with van der Waals surface area (Å²) >= 11 is 0. The lowest BCUT2D eigenvalue weighted by molar-refractivity contribution is -0.132. The van der Waals surface area contributed by atoms with Crippen molar-refractivity contribution in [2.45, 2.75) is 6.92 Å². The van der Waals surface area contributed by atoms with Crippen molar-refractivity contribution in [3.63, 3.8) is 0 Å². The summed E-state index contributed by atoms with van der Waals surface area (Å²) in [6.07, 6.45) is 1.32. The molecule has 0 atom stereocenters. The third kappa shape index (κ3) is 3.44. The van der Waals surface area contributed by atoms with Gasteiger partial charge in [0.15, 0.2) is 11.3 Å². The van der Waals surface area contributed by atoms with Crippen LogP contribution >= 0.6 is 0 Å². The molecule has 0 saturated carbocycles.